The summed E-state index contributed by atoms with van der Waals surface area (Å²) in [5, 5.41) is 3.24. The predicted molar refractivity (Wildman–Crippen MR) is 104 cm³/mol. The summed E-state index contributed by atoms with van der Waals surface area (Å²) in [5.41, 5.74) is 8.28. The van der Waals surface area contributed by atoms with Crippen LogP contribution in [-0.2, 0) is 6.54 Å². The van der Waals surface area contributed by atoms with Crippen LogP contribution in [0.3, 0.4) is 0 Å². The van der Waals surface area contributed by atoms with Gasteiger partial charge in [-0.25, -0.2) is 4.98 Å². The molecule has 0 saturated carbocycles. The maximum Gasteiger partial charge on any atom is 0.188 e. The van der Waals surface area contributed by atoms with Crippen LogP contribution in [0, 0.1) is 6.92 Å². The van der Waals surface area contributed by atoms with E-state index in [0.717, 1.165) is 43.9 Å². The van der Waals surface area contributed by atoms with Crippen molar-refractivity contribution in [1.82, 2.24) is 19.8 Å². The lowest BCUT2D eigenvalue weighted by molar-refractivity contribution is 0.273. The number of nitrogens with one attached hydrogen (secondary N) is 1. The molecule has 0 spiro atoms. The van der Waals surface area contributed by atoms with Crippen molar-refractivity contribution < 1.29 is 0 Å². The molecule has 1 aliphatic rings. The summed E-state index contributed by atoms with van der Waals surface area (Å²) >= 11 is 0. The van der Waals surface area contributed by atoms with Crippen LogP contribution in [0.2, 0.25) is 0 Å². The third kappa shape index (κ3) is 4.31. The number of nitrogens with two attached hydrogens (primary N) is 1. The first kappa shape index (κ1) is 17.7. The number of likely N-dealkylation sites (N-methyl/N-ethyl adjacent to an activating group) is 1. The molecule has 1 unspecified atom stereocenters. The highest BCUT2D eigenvalue weighted by Gasteiger charge is 2.22. The van der Waals surface area contributed by atoms with E-state index in [1.807, 2.05) is 6.07 Å². The quantitative estimate of drug-likeness (QED) is 0.459. The lowest BCUT2D eigenvalue weighted by Crippen LogP contribution is -2.36. The van der Waals surface area contributed by atoms with Crippen molar-refractivity contribution in [3.63, 3.8) is 0 Å². The molecule has 25 heavy (non-hydrogen) atoms. The van der Waals surface area contributed by atoms with Gasteiger partial charge in [-0.05, 0) is 51.4 Å². The molecule has 0 amide bonds. The molecular weight excluding hydrogens is 312 g/mol. The Balaban J connectivity index is 1.44. The second kappa shape index (κ2) is 8.34. The molecule has 1 saturated heterocycles. The topological polar surface area (TPSA) is 71.5 Å². The molecule has 1 atom stereocenters. The highest BCUT2D eigenvalue weighted by molar-refractivity contribution is 5.77. The summed E-state index contributed by atoms with van der Waals surface area (Å²) in [6.45, 7) is 9.13. The van der Waals surface area contributed by atoms with E-state index in [9.17, 15) is 0 Å². The lowest BCUT2D eigenvalue weighted by atomic mass is 10.2. The van der Waals surface area contributed by atoms with Gasteiger partial charge in [0.1, 0.15) is 5.82 Å². The van der Waals surface area contributed by atoms with Crippen molar-refractivity contribution >= 4 is 17.0 Å². The number of aliphatic imine (C=N–C) groups is 1. The number of aryl methyl sites for hydroxylation is 2. The molecule has 1 fully saturated rings. The highest BCUT2D eigenvalue weighted by Crippen LogP contribution is 2.17. The third-order valence-electron chi connectivity index (χ3n) is 5.09. The largest absolute Gasteiger partial charge is 0.370 e. The molecule has 1 aromatic carbocycles. The number of benzene rings is 1. The van der Waals surface area contributed by atoms with Crippen LogP contribution in [0.1, 0.15) is 32.0 Å². The van der Waals surface area contributed by atoms with Crippen LogP contribution in [0.25, 0.3) is 11.0 Å². The summed E-state index contributed by atoms with van der Waals surface area (Å²) in [4.78, 5) is 11.6. The van der Waals surface area contributed by atoms with Gasteiger partial charge in [0.25, 0.3) is 0 Å². The van der Waals surface area contributed by atoms with Crippen molar-refractivity contribution in [1.29, 1.82) is 0 Å². The Morgan fingerprint density at radius 1 is 1.40 bits per heavy atom. The minimum Gasteiger partial charge on any atom is -0.370 e. The van der Waals surface area contributed by atoms with Crippen molar-refractivity contribution in [2.75, 3.05) is 26.2 Å². The van der Waals surface area contributed by atoms with E-state index in [1.165, 1.54) is 24.9 Å². The molecule has 3 rings (SSSR count). The number of imidazole rings is 1. The average molecular weight is 342 g/mol. The van der Waals surface area contributed by atoms with Crippen molar-refractivity contribution in [3.05, 3.63) is 30.1 Å². The molecule has 0 radical (unpaired) electrons. The van der Waals surface area contributed by atoms with Gasteiger partial charge in [0.2, 0.25) is 0 Å². The fourth-order valence-electron chi connectivity index (χ4n) is 3.71. The van der Waals surface area contributed by atoms with Crippen LogP contribution in [0.4, 0.5) is 0 Å². The zero-order chi connectivity index (χ0) is 17.6. The van der Waals surface area contributed by atoms with Crippen molar-refractivity contribution in [3.8, 4) is 0 Å². The summed E-state index contributed by atoms with van der Waals surface area (Å²) in [6.07, 6.45) is 3.50. The smallest absolute Gasteiger partial charge is 0.188 e. The second-order valence-corrected chi connectivity index (χ2v) is 6.73. The Bertz CT molecular complexity index is 720. The monoisotopic (exact) mass is 342 g/mol. The van der Waals surface area contributed by atoms with E-state index < -0.39 is 0 Å². The Labute approximate surface area is 150 Å². The Morgan fingerprint density at radius 2 is 2.24 bits per heavy atom. The molecule has 2 heterocycles. The van der Waals surface area contributed by atoms with E-state index in [1.54, 1.807) is 0 Å². The Kier molecular flexibility index (Phi) is 5.91. The lowest BCUT2D eigenvalue weighted by Gasteiger charge is -2.21. The van der Waals surface area contributed by atoms with Crippen LogP contribution in [0.5, 0.6) is 0 Å². The van der Waals surface area contributed by atoms with Crippen molar-refractivity contribution in [2.45, 2.75) is 45.7 Å². The maximum absolute atomic E-state index is 6.02. The molecule has 6 nitrogen and oxygen atoms in total. The predicted octanol–water partition coefficient (Wildman–Crippen LogP) is 2.12. The number of nitrogens with zero attached hydrogens (tertiary/aromatic N) is 4. The third-order valence-corrected chi connectivity index (χ3v) is 5.09. The van der Waals surface area contributed by atoms with Gasteiger partial charge in [-0.3, -0.25) is 9.89 Å². The number of rotatable bonds is 7. The first-order chi connectivity index (χ1) is 12.2. The van der Waals surface area contributed by atoms with Gasteiger partial charge in [-0.15, -0.1) is 0 Å². The molecule has 1 aromatic heterocycles. The van der Waals surface area contributed by atoms with Gasteiger partial charge in [0.15, 0.2) is 5.96 Å². The van der Waals surface area contributed by atoms with Gasteiger partial charge < -0.3 is 15.6 Å². The summed E-state index contributed by atoms with van der Waals surface area (Å²) in [6, 6.07) is 8.84. The van der Waals surface area contributed by atoms with Gasteiger partial charge in [0.05, 0.1) is 17.6 Å². The summed E-state index contributed by atoms with van der Waals surface area (Å²) < 4.78 is 2.27. The van der Waals surface area contributed by atoms with Crippen molar-refractivity contribution in [2.24, 2.45) is 10.7 Å². The van der Waals surface area contributed by atoms with E-state index in [-0.39, 0.29) is 0 Å². The molecule has 6 heteroatoms. The number of guanidine groups is 1. The highest BCUT2D eigenvalue weighted by atomic mass is 15.2. The number of aromatic nitrogens is 2. The Morgan fingerprint density at radius 3 is 3.08 bits per heavy atom. The van der Waals surface area contributed by atoms with Crippen LogP contribution in [0.15, 0.2) is 29.3 Å². The minimum atomic E-state index is 0.560. The van der Waals surface area contributed by atoms with Crippen LogP contribution < -0.4 is 11.1 Å². The molecule has 3 N–H and O–H groups in total. The Hall–Kier alpha value is -2.08. The fraction of sp³-hybridized carbons (Fsp3) is 0.579. The van der Waals surface area contributed by atoms with E-state index in [2.05, 4.69) is 56.8 Å². The standard InChI is InChI=1S/C19H30N6/c1-3-24-12-6-8-16(24)14-22-19(20)21-11-7-13-25-15(2)23-17-9-4-5-10-18(17)25/h4-5,9-10,16H,3,6-8,11-14H2,1-2H3,(H3,20,21,22). The number of hydrogen-bond donors (Lipinski definition) is 2. The maximum atomic E-state index is 6.02. The number of fused-ring (bicyclic) bond motifs is 1. The summed E-state index contributed by atoms with van der Waals surface area (Å²) in [7, 11) is 0. The van der Waals surface area contributed by atoms with Crippen LogP contribution >= 0.6 is 0 Å². The average Bonchev–Trinajstić information content (AvgIpc) is 3.20. The number of para-hydroxylation sites is 2. The molecule has 0 aliphatic carbocycles. The SMILES string of the molecule is CCN1CCCC1CN=C(N)NCCCn1c(C)nc2ccccc21. The van der Waals surface area contributed by atoms with Gasteiger partial charge >= 0.3 is 0 Å². The first-order valence-corrected chi connectivity index (χ1v) is 9.38. The van der Waals surface area contributed by atoms with Gasteiger partial charge in [-0.2, -0.15) is 0 Å². The van der Waals surface area contributed by atoms with E-state index in [0.29, 0.717) is 12.0 Å². The van der Waals surface area contributed by atoms with Gasteiger partial charge in [-0.1, -0.05) is 19.1 Å². The van der Waals surface area contributed by atoms with E-state index >= 15 is 0 Å². The molecule has 2 aromatic rings. The minimum absolute atomic E-state index is 0.560. The normalized spacial score (nSPS) is 19.0. The number of likely N-dealkylation sites (tertiary alicyclic amines) is 1. The molecule has 0 bridgehead atoms. The fourth-order valence-corrected chi connectivity index (χ4v) is 3.71. The zero-order valence-electron chi connectivity index (χ0n) is 15.4. The first-order valence-electron chi connectivity index (χ1n) is 9.38. The van der Waals surface area contributed by atoms with Gasteiger partial charge in [0, 0.05) is 19.1 Å². The molecule has 1 aliphatic heterocycles. The number of hydrogen-bond acceptors (Lipinski definition) is 3. The zero-order valence-corrected chi connectivity index (χ0v) is 15.4. The van der Waals surface area contributed by atoms with E-state index in [4.69, 9.17) is 5.73 Å². The summed E-state index contributed by atoms with van der Waals surface area (Å²) in [5.74, 6) is 1.62. The van der Waals surface area contributed by atoms with Crippen LogP contribution in [-0.4, -0.2) is 52.6 Å². The molecule has 136 valence electrons. The molecular formula is C19H30N6. The second-order valence-electron chi connectivity index (χ2n) is 6.73.